The van der Waals surface area contributed by atoms with Gasteiger partial charge in [-0.2, -0.15) is 0 Å². The number of hydrogen-bond donors (Lipinski definition) is 1. The van der Waals surface area contributed by atoms with E-state index in [1.165, 1.54) is 0 Å². The second-order valence-electron chi connectivity index (χ2n) is 5.84. The van der Waals surface area contributed by atoms with Gasteiger partial charge in [-0.05, 0) is 0 Å². The maximum absolute atomic E-state index is 11.5. The molecule has 1 aliphatic heterocycles. The number of rotatable bonds is 7. The molecule has 0 aliphatic carbocycles. The molecule has 0 bridgehead atoms. The molecule has 0 aromatic carbocycles. The summed E-state index contributed by atoms with van der Waals surface area (Å²) in [5.74, 6) is -4.24. The quantitative estimate of drug-likeness (QED) is 0.446. The van der Waals surface area contributed by atoms with Crippen molar-refractivity contribution in [3.63, 3.8) is 0 Å². The van der Waals surface area contributed by atoms with Crippen LogP contribution in [-0.2, 0) is 47.7 Å². The number of carboxylic acid groups (broad SMARTS) is 1. The Bertz CT molecular complexity index is 599. The molecule has 11 heteroatoms. The van der Waals surface area contributed by atoms with Gasteiger partial charge in [0.25, 0.3) is 0 Å². The van der Waals surface area contributed by atoms with E-state index in [9.17, 15) is 24.0 Å². The first-order valence-corrected chi connectivity index (χ1v) is 8.03. The summed E-state index contributed by atoms with van der Waals surface area (Å²) in [7, 11) is 0. The Morgan fingerprint density at radius 2 is 1.19 bits per heavy atom. The van der Waals surface area contributed by atoms with Gasteiger partial charge in [0.1, 0.15) is 18.8 Å². The minimum atomic E-state index is -1.35. The van der Waals surface area contributed by atoms with E-state index in [1.807, 2.05) is 0 Å². The maximum Gasteiger partial charge on any atom is 0.306 e. The van der Waals surface area contributed by atoms with E-state index >= 15 is 0 Å². The van der Waals surface area contributed by atoms with Crippen LogP contribution in [0.5, 0.6) is 0 Å². The average molecular weight is 390 g/mol. The van der Waals surface area contributed by atoms with Gasteiger partial charge in [0.2, 0.25) is 0 Å². The van der Waals surface area contributed by atoms with Crippen molar-refractivity contribution in [3.8, 4) is 0 Å². The average Bonchev–Trinajstić information content (AvgIpc) is 2.49. The number of carboxylic acids is 1. The number of hydrogen-bond acceptors (Lipinski definition) is 10. The van der Waals surface area contributed by atoms with Crippen LogP contribution in [0, 0.1) is 0 Å². The summed E-state index contributed by atoms with van der Waals surface area (Å²) in [5, 5.41) is 9.10. The standard InChI is InChI=1S/C16H22O11/c1-7(17)23-6-12-15(25-9(3)19)16(26-10(4)20)14(24-8(2)18)11(27-12)5-13(21)22/h11-12,14-16H,5-6H2,1-4H3,(H,21,22)/t11?,12?,14-,15+,16?/m0/s1. The van der Waals surface area contributed by atoms with E-state index in [4.69, 9.17) is 28.8 Å². The van der Waals surface area contributed by atoms with Gasteiger partial charge in [0, 0.05) is 27.7 Å². The second-order valence-corrected chi connectivity index (χ2v) is 5.84. The van der Waals surface area contributed by atoms with Crippen molar-refractivity contribution < 1.29 is 52.8 Å². The molecule has 1 heterocycles. The Balaban J connectivity index is 3.29. The minimum absolute atomic E-state index is 0.395. The van der Waals surface area contributed by atoms with Gasteiger partial charge in [-0.25, -0.2) is 0 Å². The van der Waals surface area contributed by atoms with Crippen LogP contribution in [0.25, 0.3) is 0 Å². The van der Waals surface area contributed by atoms with Crippen LogP contribution in [-0.4, -0.2) is 72.1 Å². The lowest BCUT2D eigenvalue weighted by molar-refractivity contribution is -0.253. The Kier molecular flexibility index (Phi) is 8.16. The zero-order valence-corrected chi connectivity index (χ0v) is 15.3. The van der Waals surface area contributed by atoms with Crippen molar-refractivity contribution in [1.29, 1.82) is 0 Å². The SMILES string of the molecule is CC(=O)OCC1OC(CC(=O)O)[C@H](OC(C)=O)C(OC(C)=O)[C@@H]1OC(C)=O. The summed E-state index contributed by atoms with van der Waals surface area (Å²) in [6.07, 6.45) is -6.96. The van der Waals surface area contributed by atoms with E-state index in [2.05, 4.69) is 0 Å². The first-order chi connectivity index (χ1) is 12.5. The van der Waals surface area contributed by atoms with Crippen LogP contribution in [0.3, 0.4) is 0 Å². The molecule has 0 amide bonds. The van der Waals surface area contributed by atoms with Gasteiger partial charge in [-0.15, -0.1) is 0 Å². The lowest BCUT2D eigenvalue weighted by Gasteiger charge is -2.44. The van der Waals surface area contributed by atoms with Crippen molar-refractivity contribution in [2.24, 2.45) is 0 Å². The first-order valence-electron chi connectivity index (χ1n) is 8.03. The molecule has 0 saturated carbocycles. The molecule has 0 spiro atoms. The van der Waals surface area contributed by atoms with Crippen molar-refractivity contribution in [2.75, 3.05) is 6.61 Å². The van der Waals surface area contributed by atoms with E-state index in [1.54, 1.807) is 0 Å². The molecular weight excluding hydrogens is 368 g/mol. The molecule has 0 aromatic rings. The van der Waals surface area contributed by atoms with Crippen LogP contribution in [0.1, 0.15) is 34.1 Å². The van der Waals surface area contributed by atoms with E-state index in [-0.39, 0.29) is 0 Å². The molecule has 27 heavy (non-hydrogen) atoms. The van der Waals surface area contributed by atoms with Crippen molar-refractivity contribution in [3.05, 3.63) is 0 Å². The Labute approximate surface area is 154 Å². The van der Waals surface area contributed by atoms with Crippen LogP contribution < -0.4 is 0 Å². The molecule has 11 nitrogen and oxygen atoms in total. The summed E-state index contributed by atoms with van der Waals surface area (Å²) in [4.78, 5) is 56.7. The maximum atomic E-state index is 11.5. The third kappa shape index (κ3) is 7.21. The third-order valence-electron chi connectivity index (χ3n) is 3.46. The van der Waals surface area contributed by atoms with Crippen LogP contribution >= 0.6 is 0 Å². The van der Waals surface area contributed by atoms with Crippen molar-refractivity contribution in [2.45, 2.75) is 64.6 Å². The van der Waals surface area contributed by atoms with E-state index in [0.29, 0.717) is 0 Å². The largest absolute Gasteiger partial charge is 0.481 e. The highest BCUT2D eigenvalue weighted by Crippen LogP contribution is 2.30. The Morgan fingerprint density at radius 1 is 0.741 bits per heavy atom. The molecule has 1 rings (SSSR count). The van der Waals surface area contributed by atoms with Crippen LogP contribution in [0.4, 0.5) is 0 Å². The number of aliphatic carboxylic acids is 1. The zero-order valence-electron chi connectivity index (χ0n) is 15.3. The minimum Gasteiger partial charge on any atom is -0.481 e. The number of esters is 4. The van der Waals surface area contributed by atoms with E-state index in [0.717, 1.165) is 27.7 Å². The van der Waals surface area contributed by atoms with Gasteiger partial charge >= 0.3 is 29.8 Å². The highest BCUT2D eigenvalue weighted by molar-refractivity contribution is 5.70. The van der Waals surface area contributed by atoms with Crippen LogP contribution in [0.2, 0.25) is 0 Å². The molecule has 152 valence electrons. The molecule has 5 atom stereocenters. The highest BCUT2D eigenvalue weighted by Gasteiger charge is 2.52. The third-order valence-corrected chi connectivity index (χ3v) is 3.46. The molecule has 3 unspecified atom stereocenters. The number of carbonyl (C=O) groups is 5. The molecule has 1 N–H and O–H groups in total. The monoisotopic (exact) mass is 390 g/mol. The second kappa shape index (κ2) is 9.86. The predicted octanol–water partition coefficient (Wildman–Crippen LogP) is -0.413. The molecular formula is C16H22O11. The van der Waals surface area contributed by atoms with Crippen molar-refractivity contribution in [1.82, 2.24) is 0 Å². The zero-order chi connectivity index (χ0) is 20.7. The number of carbonyl (C=O) groups excluding carboxylic acids is 4. The summed E-state index contributed by atoms with van der Waals surface area (Å²) in [6, 6.07) is 0. The van der Waals surface area contributed by atoms with E-state index < -0.39 is 73.4 Å². The van der Waals surface area contributed by atoms with Gasteiger partial charge in [-0.3, -0.25) is 24.0 Å². The molecule has 0 aromatic heterocycles. The lowest BCUT2D eigenvalue weighted by atomic mass is 9.92. The van der Waals surface area contributed by atoms with Crippen molar-refractivity contribution >= 4 is 29.8 Å². The summed E-state index contributed by atoms with van der Waals surface area (Å²) in [5.41, 5.74) is 0. The number of ether oxygens (including phenoxy) is 5. The van der Waals surface area contributed by atoms with Gasteiger partial charge in [-0.1, -0.05) is 0 Å². The Morgan fingerprint density at radius 3 is 1.59 bits per heavy atom. The lowest BCUT2D eigenvalue weighted by Crippen LogP contribution is -2.62. The molecule has 1 fully saturated rings. The van der Waals surface area contributed by atoms with Crippen LogP contribution in [0.15, 0.2) is 0 Å². The smallest absolute Gasteiger partial charge is 0.306 e. The Hall–Kier alpha value is -2.69. The molecule has 1 saturated heterocycles. The predicted molar refractivity (Wildman–Crippen MR) is 84.2 cm³/mol. The normalized spacial score (nSPS) is 27.2. The first kappa shape index (κ1) is 22.4. The summed E-state index contributed by atoms with van der Waals surface area (Å²) in [6.45, 7) is 4.00. The fraction of sp³-hybridized carbons (Fsp3) is 0.688. The summed E-state index contributed by atoms with van der Waals surface area (Å²) < 4.78 is 25.9. The highest BCUT2D eigenvalue weighted by atomic mass is 16.7. The molecule has 0 radical (unpaired) electrons. The van der Waals surface area contributed by atoms with Gasteiger partial charge < -0.3 is 28.8 Å². The fourth-order valence-electron chi connectivity index (χ4n) is 2.65. The fourth-order valence-corrected chi connectivity index (χ4v) is 2.65. The topological polar surface area (TPSA) is 152 Å². The van der Waals surface area contributed by atoms with Gasteiger partial charge in [0.05, 0.1) is 6.42 Å². The van der Waals surface area contributed by atoms with Gasteiger partial charge in [0.15, 0.2) is 18.3 Å². The molecule has 1 aliphatic rings. The summed E-state index contributed by atoms with van der Waals surface area (Å²) >= 11 is 0.